The molecular weight excluding hydrogens is 653 g/mol. The third-order valence-electron chi connectivity index (χ3n) is 11.1. The van der Waals surface area contributed by atoms with Crippen LogP contribution in [0, 0.1) is 13.8 Å². The largest absolute Gasteiger partial charge is 0.341 e. The average molecular weight is 697 g/mol. The molecule has 7 aromatic carbocycles. The third kappa shape index (κ3) is 6.14. The van der Waals surface area contributed by atoms with Crippen molar-refractivity contribution in [1.82, 2.24) is 9.13 Å². The monoisotopic (exact) mass is 696 g/mol. The standard InChI is InChI=1S/C52H44N2/c1-5-53-49-25-17-37(29-47(49)33-51(53)45-23-21-39-11-7-9-13-43(39)31-45)15-19-41-27-36(4)42(28-35(41)3)20-16-38-18-26-50-48(30-38)34-52(54(50)6-2)46-24-22-40-12-8-10-14-44(40)32-46/h7-34H,5-6H2,1-4H3/b19-15+,20-16+. The quantitative estimate of drug-likeness (QED) is 0.140. The Labute approximate surface area is 317 Å². The Kier molecular flexibility index (Phi) is 8.60. The van der Waals surface area contributed by atoms with Crippen molar-refractivity contribution in [2.45, 2.75) is 40.8 Å². The van der Waals surface area contributed by atoms with Crippen molar-refractivity contribution in [3.8, 4) is 22.5 Å². The Bertz CT molecular complexity index is 2730. The van der Waals surface area contributed by atoms with E-state index < -0.39 is 0 Å². The minimum atomic E-state index is 0.925. The van der Waals surface area contributed by atoms with Crippen molar-refractivity contribution in [1.29, 1.82) is 0 Å². The van der Waals surface area contributed by atoms with Gasteiger partial charge in [0.05, 0.1) is 0 Å². The number of rotatable bonds is 8. The highest BCUT2D eigenvalue weighted by Crippen LogP contribution is 2.33. The van der Waals surface area contributed by atoms with E-state index in [0.717, 1.165) is 13.1 Å². The molecule has 0 amide bonds. The van der Waals surface area contributed by atoms with Crippen molar-refractivity contribution >= 4 is 67.7 Å². The SMILES string of the molecule is CCn1c(-c2ccc3ccccc3c2)cc2cc(/C=C/c3cc(C)c(/C=C/c4ccc5c(c4)cc(-c4ccc6ccccc6c4)n5CC)cc3C)ccc21. The van der Waals surface area contributed by atoms with Crippen LogP contribution >= 0.6 is 0 Å². The zero-order valence-corrected chi connectivity index (χ0v) is 31.5. The maximum absolute atomic E-state index is 2.43. The summed E-state index contributed by atoms with van der Waals surface area (Å²) < 4.78 is 4.85. The second-order valence-electron chi connectivity index (χ2n) is 14.5. The van der Waals surface area contributed by atoms with Crippen LogP contribution in [0.15, 0.2) is 146 Å². The van der Waals surface area contributed by atoms with E-state index in [1.165, 1.54) is 99.2 Å². The topological polar surface area (TPSA) is 9.86 Å². The van der Waals surface area contributed by atoms with E-state index in [9.17, 15) is 0 Å². The summed E-state index contributed by atoms with van der Waals surface area (Å²) in [7, 11) is 0. The molecular formula is C52H44N2. The van der Waals surface area contributed by atoms with Gasteiger partial charge in [-0.15, -0.1) is 0 Å². The predicted molar refractivity (Wildman–Crippen MR) is 235 cm³/mol. The molecule has 0 radical (unpaired) electrons. The fourth-order valence-electron chi connectivity index (χ4n) is 8.24. The highest BCUT2D eigenvalue weighted by Gasteiger charge is 2.13. The molecule has 2 aromatic heterocycles. The van der Waals surface area contributed by atoms with Crippen molar-refractivity contribution in [2.75, 3.05) is 0 Å². The van der Waals surface area contributed by atoms with Crippen LogP contribution in [0.2, 0.25) is 0 Å². The molecule has 0 saturated heterocycles. The highest BCUT2D eigenvalue weighted by atomic mass is 15.0. The normalized spacial score (nSPS) is 12.1. The smallest absolute Gasteiger partial charge is 0.0491 e. The molecule has 262 valence electrons. The van der Waals surface area contributed by atoms with Crippen LogP contribution in [-0.2, 0) is 13.1 Å². The lowest BCUT2D eigenvalue weighted by Crippen LogP contribution is -1.96. The number of hydrogen-bond acceptors (Lipinski definition) is 0. The Hall–Kier alpha value is -6.38. The number of benzene rings is 7. The summed E-state index contributed by atoms with van der Waals surface area (Å²) in [6.45, 7) is 10.7. The van der Waals surface area contributed by atoms with Crippen LogP contribution in [0.5, 0.6) is 0 Å². The first-order valence-electron chi connectivity index (χ1n) is 19.2. The molecule has 0 N–H and O–H groups in total. The van der Waals surface area contributed by atoms with Crippen molar-refractivity contribution in [3.63, 3.8) is 0 Å². The molecule has 0 bridgehead atoms. The summed E-state index contributed by atoms with van der Waals surface area (Å²) in [5.41, 5.74) is 15.0. The zero-order valence-electron chi connectivity index (χ0n) is 31.5. The van der Waals surface area contributed by atoms with Gasteiger partial charge in [0.2, 0.25) is 0 Å². The minimum Gasteiger partial charge on any atom is -0.341 e. The molecule has 0 unspecified atom stereocenters. The fraction of sp³-hybridized carbons (Fsp3) is 0.115. The second kappa shape index (κ2) is 13.9. The van der Waals surface area contributed by atoms with Gasteiger partial charge in [-0.1, -0.05) is 121 Å². The maximum atomic E-state index is 2.43. The molecule has 0 fully saturated rings. The lowest BCUT2D eigenvalue weighted by Gasteiger charge is -2.09. The number of fused-ring (bicyclic) bond motifs is 4. The summed E-state index contributed by atoms with van der Waals surface area (Å²) in [5.74, 6) is 0. The van der Waals surface area contributed by atoms with Gasteiger partial charge in [0.15, 0.2) is 0 Å². The first-order chi connectivity index (χ1) is 26.4. The van der Waals surface area contributed by atoms with Crippen LogP contribution in [0.25, 0.3) is 90.2 Å². The van der Waals surface area contributed by atoms with E-state index in [1.807, 2.05) is 0 Å². The first-order valence-corrected chi connectivity index (χ1v) is 19.2. The molecule has 2 heteroatoms. The summed E-state index contributed by atoms with van der Waals surface area (Å²) in [4.78, 5) is 0. The molecule has 0 spiro atoms. The van der Waals surface area contributed by atoms with E-state index in [0.29, 0.717) is 0 Å². The molecule has 9 aromatic rings. The Morgan fingerprint density at radius 2 is 0.815 bits per heavy atom. The van der Waals surface area contributed by atoms with Gasteiger partial charge in [-0.05, 0) is 142 Å². The van der Waals surface area contributed by atoms with E-state index in [1.54, 1.807) is 0 Å². The summed E-state index contributed by atoms with van der Waals surface area (Å²) in [6, 6.07) is 53.7. The highest BCUT2D eigenvalue weighted by molar-refractivity contribution is 5.94. The van der Waals surface area contributed by atoms with Crippen molar-refractivity contribution in [3.05, 3.63) is 179 Å². The molecule has 2 heterocycles. The Balaban J connectivity index is 0.958. The van der Waals surface area contributed by atoms with Crippen LogP contribution < -0.4 is 0 Å². The average Bonchev–Trinajstić information content (AvgIpc) is 3.77. The molecule has 0 aliphatic heterocycles. The summed E-state index contributed by atoms with van der Waals surface area (Å²) in [5, 5.41) is 7.63. The van der Waals surface area contributed by atoms with Gasteiger partial charge in [0.25, 0.3) is 0 Å². The number of nitrogens with zero attached hydrogens (tertiary/aromatic N) is 2. The van der Waals surface area contributed by atoms with Gasteiger partial charge in [0.1, 0.15) is 0 Å². The molecule has 0 aliphatic carbocycles. The van der Waals surface area contributed by atoms with E-state index in [-0.39, 0.29) is 0 Å². The zero-order chi connectivity index (χ0) is 36.8. The van der Waals surface area contributed by atoms with Crippen molar-refractivity contribution in [2.24, 2.45) is 0 Å². The number of aryl methyl sites for hydroxylation is 4. The van der Waals surface area contributed by atoms with Crippen LogP contribution in [0.1, 0.15) is 47.2 Å². The van der Waals surface area contributed by atoms with E-state index in [2.05, 4.69) is 207 Å². The minimum absolute atomic E-state index is 0.925. The van der Waals surface area contributed by atoms with Gasteiger partial charge >= 0.3 is 0 Å². The Morgan fingerprint density at radius 1 is 0.389 bits per heavy atom. The fourth-order valence-corrected chi connectivity index (χ4v) is 8.24. The van der Waals surface area contributed by atoms with Gasteiger partial charge in [-0.25, -0.2) is 0 Å². The predicted octanol–water partition coefficient (Wildman–Crippen LogP) is 14.2. The lowest BCUT2D eigenvalue weighted by atomic mass is 9.98. The van der Waals surface area contributed by atoms with Crippen LogP contribution in [0.3, 0.4) is 0 Å². The molecule has 0 atom stereocenters. The molecule has 0 aliphatic rings. The number of hydrogen-bond donors (Lipinski definition) is 0. The van der Waals surface area contributed by atoms with Crippen LogP contribution in [0.4, 0.5) is 0 Å². The van der Waals surface area contributed by atoms with E-state index in [4.69, 9.17) is 0 Å². The van der Waals surface area contributed by atoms with Crippen LogP contribution in [-0.4, -0.2) is 9.13 Å². The molecule has 0 saturated carbocycles. The molecule has 54 heavy (non-hydrogen) atoms. The summed E-state index contributed by atoms with van der Waals surface area (Å²) >= 11 is 0. The van der Waals surface area contributed by atoms with Gasteiger partial charge in [-0.3, -0.25) is 0 Å². The van der Waals surface area contributed by atoms with E-state index >= 15 is 0 Å². The Morgan fingerprint density at radius 3 is 1.24 bits per heavy atom. The summed E-state index contributed by atoms with van der Waals surface area (Å²) in [6.07, 6.45) is 9.02. The van der Waals surface area contributed by atoms with Gasteiger partial charge < -0.3 is 9.13 Å². The lowest BCUT2D eigenvalue weighted by molar-refractivity contribution is 0.805. The van der Waals surface area contributed by atoms with Gasteiger partial charge in [-0.2, -0.15) is 0 Å². The van der Waals surface area contributed by atoms with Crippen molar-refractivity contribution < 1.29 is 0 Å². The first kappa shape index (κ1) is 33.5. The molecule has 2 nitrogen and oxygen atoms in total. The van der Waals surface area contributed by atoms with Gasteiger partial charge in [0, 0.05) is 46.3 Å². The number of aromatic nitrogens is 2. The maximum Gasteiger partial charge on any atom is 0.0491 e. The third-order valence-corrected chi connectivity index (χ3v) is 11.1. The molecule has 9 rings (SSSR count). The second-order valence-corrected chi connectivity index (χ2v) is 14.5.